The third kappa shape index (κ3) is 3.91. The van der Waals surface area contributed by atoms with E-state index in [9.17, 15) is 0 Å². The number of fused-ring (bicyclic) bond motifs is 5. The smallest absolute Gasteiger partial charge is 0.0555 e. The molecule has 1 aromatic heterocycles. The second kappa shape index (κ2) is 9.62. The molecule has 0 spiro atoms. The monoisotopic (exact) mass is 541 g/mol. The zero-order chi connectivity index (χ0) is 27.3. The Morgan fingerprint density at radius 2 is 1.12 bits per heavy atom. The van der Waals surface area contributed by atoms with E-state index in [1.807, 2.05) is 11.3 Å². The highest BCUT2D eigenvalue weighted by atomic mass is 32.1. The molecule has 0 fully saturated rings. The van der Waals surface area contributed by atoms with E-state index in [2.05, 4.69) is 157 Å². The summed E-state index contributed by atoms with van der Waals surface area (Å²) in [5, 5.41) is 7.59. The first-order valence-corrected chi connectivity index (χ1v) is 14.8. The summed E-state index contributed by atoms with van der Waals surface area (Å²) >= 11 is 1.87. The van der Waals surface area contributed by atoms with Crippen LogP contribution in [-0.4, -0.2) is 0 Å². The van der Waals surface area contributed by atoms with Crippen LogP contribution in [0.3, 0.4) is 0 Å². The molecule has 7 aromatic carbocycles. The Labute approximate surface area is 243 Å². The van der Waals surface area contributed by atoms with Crippen molar-refractivity contribution < 1.29 is 0 Å². The van der Waals surface area contributed by atoms with Crippen LogP contribution in [0.15, 0.2) is 146 Å². The Morgan fingerprint density at radius 1 is 0.463 bits per heavy atom. The first-order chi connectivity index (χ1) is 20.3. The van der Waals surface area contributed by atoms with E-state index in [1.165, 1.54) is 75.5 Å². The van der Waals surface area contributed by atoms with Crippen molar-refractivity contribution >= 4 is 70.1 Å². The van der Waals surface area contributed by atoms with Crippen LogP contribution in [-0.2, 0) is 0 Å². The van der Waals surface area contributed by atoms with Crippen LogP contribution >= 0.6 is 11.3 Å². The third-order valence-electron chi connectivity index (χ3n) is 8.16. The molecule has 8 rings (SSSR count). The van der Waals surface area contributed by atoms with Gasteiger partial charge < -0.3 is 4.90 Å². The van der Waals surface area contributed by atoms with Gasteiger partial charge >= 0.3 is 0 Å². The van der Waals surface area contributed by atoms with E-state index in [-0.39, 0.29) is 0 Å². The highest BCUT2D eigenvalue weighted by Gasteiger charge is 2.23. The maximum atomic E-state index is 2.49. The van der Waals surface area contributed by atoms with E-state index in [0.29, 0.717) is 0 Å². The Bertz CT molecular complexity index is 2240. The first kappa shape index (κ1) is 23.9. The molecule has 1 heterocycles. The summed E-state index contributed by atoms with van der Waals surface area (Å²) < 4.78 is 2.61. The van der Waals surface area contributed by atoms with E-state index in [0.717, 1.165) is 0 Å². The molecule has 1 nitrogen and oxygen atoms in total. The van der Waals surface area contributed by atoms with E-state index in [4.69, 9.17) is 0 Å². The summed E-state index contributed by atoms with van der Waals surface area (Å²) in [6, 6.07) is 53.1. The van der Waals surface area contributed by atoms with Crippen LogP contribution in [0.5, 0.6) is 0 Å². The number of anilines is 3. The van der Waals surface area contributed by atoms with Crippen molar-refractivity contribution in [2.45, 2.75) is 6.92 Å². The summed E-state index contributed by atoms with van der Waals surface area (Å²) in [5.74, 6) is 0. The fourth-order valence-electron chi connectivity index (χ4n) is 6.24. The minimum Gasteiger partial charge on any atom is -0.309 e. The van der Waals surface area contributed by atoms with E-state index >= 15 is 0 Å². The minimum atomic E-state index is 1.18. The Kier molecular flexibility index (Phi) is 5.61. The molecule has 0 aliphatic rings. The zero-order valence-corrected chi connectivity index (χ0v) is 23.5. The summed E-state index contributed by atoms with van der Waals surface area (Å²) in [4.78, 5) is 2.49. The summed E-state index contributed by atoms with van der Waals surface area (Å²) in [6.45, 7) is 2.21. The van der Waals surface area contributed by atoms with Gasteiger partial charge in [0.2, 0.25) is 0 Å². The number of para-hydroxylation sites is 1. The Hall–Kier alpha value is -4.92. The van der Waals surface area contributed by atoms with Gasteiger partial charge in [0, 0.05) is 31.4 Å². The highest BCUT2D eigenvalue weighted by molar-refractivity contribution is 7.26. The van der Waals surface area contributed by atoms with Gasteiger partial charge in [-0.3, -0.25) is 0 Å². The fourth-order valence-corrected chi connectivity index (χ4v) is 7.37. The lowest BCUT2D eigenvalue weighted by Gasteiger charge is -2.30. The van der Waals surface area contributed by atoms with Crippen LogP contribution in [0, 0.1) is 6.92 Å². The molecule has 0 unspecified atom stereocenters. The molecule has 0 N–H and O–H groups in total. The highest BCUT2D eigenvalue weighted by Crippen LogP contribution is 2.49. The predicted molar refractivity (Wildman–Crippen MR) is 179 cm³/mol. The molecule has 0 aliphatic heterocycles. The Morgan fingerprint density at radius 3 is 2.00 bits per heavy atom. The lowest BCUT2D eigenvalue weighted by molar-refractivity contribution is 1.27. The molecule has 2 heteroatoms. The molecule has 0 aliphatic carbocycles. The second-order valence-corrected chi connectivity index (χ2v) is 11.7. The van der Waals surface area contributed by atoms with Crippen LogP contribution in [0.1, 0.15) is 5.56 Å². The van der Waals surface area contributed by atoms with E-state index < -0.39 is 0 Å². The van der Waals surface area contributed by atoms with Crippen molar-refractivity contribution in [3.05, 3.63) is 151 Å². The fraction of sp³-hybridized carbons (Fsp3) is 0.0256. The average Bonchev–Trinajstić information content (AvgIpc) is 3.41. The number of hydrogen-bond acceptors (Lipinski definition) is 2. The van der Waals surface area contributed by atoms with Gasteiger partial charge in [0.1, 0.15) is 0 Å². The minimum absolute atomic E-state index is 1.18. The Balaban J connectivity index is 1.51. The molecule has 0 atom stereocenters. The molecule has 194 valence electrons. The number of nitrogens with zero attached hydrogens (tertiary/aromatic N) is 1. The molecule has 41 heavy (non-hydrogen) atoms. The summed E-state index contributed by atoms with van der Waals surface area (Å²) in [6.07, 6.45) is 0. The molecule has 0 saturated heterocycles. The number of rotatable bonds is 4. The van der Waals surface area contributed by atoms with Gasteiger partial charge in [-0.25, -0.2) is 0 Å². The SMILES string of the molecule is Cc1ccccc1N(c1ccc2ccccc2c1-c1ccc2ccccc2c1)c1cccc2sc3ccccc3c12. The topological polar surface area (TPSA) is 3.24 Å². The molecule has 0 bridgehead atoms. The van der Waals surface area contributed by atoms with Crippen LogP contribution in [0.25, 0.3) is 52.8 Å². The lowest BCUT2D eigenvalue weighted by atomic mass is 9.93. The number of thiophene rings is 1. The van der Waals surface area contributed by atoms with Crippen LogP contribution in [0.2, 0.25) is 0 Å². The van der Waals surface area contributed by atoms with Gasteiger partial charge in [0.15, 0.2) is 0 Å². The predicted octanol–water partition coefficient (Wildman–Crippen LogP) is 11.8. The maximum absolute atomic E-state index is 2.49. The summed E-state index contributed by atoms with van der Waals surface area (Å²) in [7, 11) is 0. The van der Waals surface area contributed by atoms with Gasteiger partial charge in [0.25, 0.3) is 0 Å². The number of benzene rings is 7. The van der Waals surface area contributed by atoms with Gasteiger partial charge in [0.05, 0.1) is 11.4 Å². The average molecular weight is 542 g/mol. The van der Waals surface area contributed by atoms with Crippen LogP contribution < -0.4 is 4.90 Å². The first-order valence-electron chi connectivity index (χ1n) is 14.0. The van der Waals surface area contributed by atoms with Crippen molar-refractivity contribution in [2.75, 3.05) is 4.90 Å². The normalized spacial score (nSPS) is 11.5. The third-order valence-corrected chi connectivity index (χ3v) is 9.30. The van der Waals surface area contributed by atoms with Gasteiger partial charge in [-0.15, -0.1) is 11.3 Å². The van der Waals surface area contributed by atoms with Crippen molar-refractivity contribution in [3.63, 3.8) is 0 Å². The van der Waals surface area contributed by atoms with Crippen molar-refractivity contribution in [2.24, 2.45) is 0 Å². The molecule has 0 amide bonds. The van der Waals surface area contributed by atoms with Gasteiger partial charge in [-0.2, -0.15) is 0 Å². The van der Waals surface area contributed by atoms with Crippen molar-refractivity contribution in [3.8, 4) is 11.1 Å². The molecular formula is C39H27NS. The van der Waals surface area contributed by atoms with Gasteiger partial charge in [-0.1, -0.05) is 109 Å². The van der Waals surface area contributed by atoms with Crippen molar-refractivity contribution in [1.29, 1.82) is 0 Å². The van der Waals surface area contributed by atoms with Crippen LogP contribution in [0.4, 0.5) is 17.1 Å². The van der Waals surface area contributed by atoms with Gasteiger partial charge in [-0.05, 0) is 76.0 Å². The number of aryl methyl sites for hydroxylation is 1. The lowest BCUT2D eigenvalue weighted by Crippen LogP contribution is -2.13. The zero-order valence-electron chi connectivity index (χ0n) is 22.7. The molecule has 8 aromatic rings. The summed E-state index contributed by atoms with van der Waals surface area (Å²) in [5.41, 5.74) is 7.27. The number of hydrogen-bond donors (Lipinski definition) is 0. The molecular weight excluding hydrogens is 515 g/mol. The quantitative estimate of drug-likeness (QED) is 0.214. The molecule has 0 saturated carbocycles. The standard InChI is InChI=1S/C39H27NS/c1-26-11-2-8-17-33(26)40(34-18-10-20-37-39(34)32-16-7-9-19-36(32)41-37)35-24-23-28-13-5-6-15-31(28)38(35)30-22-21-27-12-3-4-14-29(27)25-30/h2-25H,1H3. The van der Waals surface area contributed by atoms with E-state index in [1.54, 1.807) is 0 Å². The largest absolute Gasteiger partial charge is 0.309 e. The maximum Gasteiger partial charge on any atom is 0.0555 e. The van der Waals surface area contributed by atoms with Crippen molar-refractivity contribution in [1.82, 2.24) is 0 Å². The molecule has 0 radical (unpaired) electrons. The second-order valence-electron chi connectivity index (χ2n) is 10.6.